The molecular formula is C11H6BrF2NO4S2. The van der Waals surface area contributed by atoms with Crippen LogP contribution in [0.1, 0.15) is 9.67 Å². The Labute approximate surface area is 130 Å². The van der Waals surface area contributed by atoms with Gasteiger partial charge in [-0.25, -0.2) is 22.0 Å². The molecule has 0 spiro atoms. The maximum atomic E-state index is 13.6. The van der Waals surface area contributed by atoms with Crippen LogP contribution in [0.4, 0.5) is 14.5 Å². The third-order valence-electron chi connectivity index (χ3n) is 2.30. The largest absolute Gasteiger partial charge is 0.477 e. The molecule has 1 aromatic heterocycles. The highest BCUT2D eigenvalue weighted by molar-refractivity contribution is 9.10. The van der Waals surface area contributed by atoms with Crippen molar-refractivity contribution in [1.29, 1.82) is 0 Å². The van der Waals surface area contributed by atoms with Crippen molar-refractivity contribution in [3.05, 3.63) is 45.2 Å². The molecule has 0 amide bonds. The predicted octanol–water partition coefficient (Wildman–Crippen LogP) is 3.29. The topological polar surface area (TPSA) is 83.5 Å². The van der Waals surface area contributed by atoms with Crippen LogP contribution in [0, 0.1) is 11.6 Å². The summed E-state index contributed by atoms with van der Waals surface area (Å²) in [6.45, 7) is 0. The molecule has 0 saturated heterocycles. The summed E-state index contributed by atoms with van der Waals surface area (Å²) < 4.78 is 52.2. The molecule has 0 aliphatic rings. The average Bonchev–Trinajstić information content (AvgIpc) is 2.84. The summed E-state index contributed by atoms with van der Waals surface area (Å²) in [5.74, 6) is -3.23. The number of halogens is 3. The van der Waals surface area contributed by atoms with E-state index in [0.717, 1.165) is 18.2 Å². The summed E-state index contributed by atoms with van der Waals surface area (Å²) in [6, 6.07) is 3.64. The maximum absolute atomic E-state index is 13.6. The van der Waals surface area contributed by atoms with E-state index in [9.17, 15) is 22.0 Å². The van der Waals surface area contributed by atoms with Crippen LogP contribution < -0.4 is 4.72 Å². The Bertz CT molecular complexity index is 796. The lowest BCUT2D eigenvalue weighted by molar-refractivity contribution is 0.0702. The zero-order valence-electron chi connectivity index (χ0n) is 9.93. The first-order chi connectivity index (χ1) is 9.70. The second kappa shape index (κ2) is 5.70. The maximum Gasteiger partial charge on any atom is 0.345 e. The van der Waals surface area contributed by atoms with Gasteiger partial charge in [0, 0.05) is 10.5 Å². The first-order valence-corrected chi connectivity index (χ1v) is 8.30. The summed E-state index contributed by atoms with van der Waals surface area (Å²) in [7, 11) is -4.17. The molecule has 0 saturated carbocycles. The van der Waals surface area contributed by atoms with Gasteiger partial charge >= 0.3 is 5.97 Å². The molecule has 2 N–H and O–H groups in total. The Morgan fingerprint density at radius 2 is 1.95 bits per heavy atom. The highest BCUT2D eigenvalue weighted by atomic mass is 79.9. The second-order valence-corrected chi connectivity index (χ2v) is 7.62. The van der Waals surface area contributed by atoms with Crippen LogP contribution in [-0.2, 0) is 10.0 Å². The quantitative estimate of drug-likeness (QED) is 0.828. The van der Waals surface area contributed by atoms with Crippen molar-refractivity contribution < 1.29 is 27.1 Å². The lowest BCUT2D eigenvalue weighted by Crippen LogP contribution is -2.13. The summed E-state index contributed by atoms with van der Waals surface area (Å²) >= 11 is 3.37. The normalized spacial score (nSPS) is 11.4. The highest BCUT2D eigenvalue weighted by Gasteiger charge is 2.22. The minimum absolute atomic E-state index is 0.112. The second-order valence-electron chi connectivity index (χ2n) is 3.77. The van der Waals surface area contributed by atoms with Crippen molar-refractivity contribution in [1.82, 2.24) is 0 Å². The number of sulfonamides is 1. The van der Waals surface area contributed by atoms with E-state index >= 15 is 0 Å². The van der Waals surface area contributed by atoms with Crippen LogP contribution in [0.2, 0.25) is 0 Å². The van der Waals surface area contributed by atoms with E-state index in [2.05, 4.69) is 15.9 Å². The summed E-state index contributed by atoms with van der Waals surface area (Å²) in [6.07, 6.45) is 0. The molecule has 0 atom stereocenters. The van der Waals surface area contributed by atoms with E-state index in [0.29, 0.717) is 17.4 Å². The molecule has 10 heteroatoms. The molecule has 0 fully saturated rings. The molecule has 1 aromatic carbocycles. The molecule has 112 valence electrons. The van der Waals surface area contributed by atoms with Gasteiger partial charge in [-0.05, 0) is 34.1 Å². The summed E-state index contributed by atoms with van der Waals surface area (Å²) in [4.78, 5) is 10.6. The van der Waals surface area contributed by atoms with Gasteiger partial charge < -0.3 is 5.11 Å². The lowest BCUT2D eigenvalue weighted by atomic mass is 10.3. The zero-order valence-corrected chi connectivity index (χ0v) is 13.2. The van der Waals surface area contributed by atoms with Crippen LogP contribution in [0.15, 0.2) is 32.9 Å². The van der Waals surface area contributed by atoms with Crippen molar-refractivity contribution in [2.45, 2.75) is 4.21 Å². The molecule has 0 bridgehead atoms. The molecular weight excluding hydrogens is 392 g/mol. The van der Waals surface area contributed by atoms with E-state index < -0.39 is 33.3 Å². The van der Waals surface area contributed by atoms with E-state index in [1.54, 1.807) is 0 Å². The number of carboxylic acid groups (broad SMARTS) is 1. The number of nitrogens with one attached hydrogen (secondary N) is 1. The van der Waals surface area contributed by atoms with Gasteiger partial charge in [-0.3, -0.25) is 4.72 Å². The fourth-order valence-corrected chi connectivity index (χ4v) is 4.28. The number of carbonyl (C=O) groups is 1. The minimum atomic E-state index is -4.17. The first-order valence-electron chi connectivity index (χ1n) is 5.21. The molecule has 5 nitrogen and oxygen atoms in total. The van der Waals surface area contributed by atoms with Crippen molar-refractivity contribution in [3.8, 4) is 0 Å². The lowest BCUT2D eigenvalue weighted by Gasteiger charge is -2.09. The van der Waals surface area contributed by atoms with Gasteiger partial charge in [-0.1, -0.05) is 0 Å². The fraction of sp³-hybridized carbons (Fsp3) is 0. The Hall–Kier alpha value is -1.52. The standard InChI is InChI=1S/C11H6BrF2NO4S2/c12-6-3-5(13)4-7(14)10(6)15-21(18,19)9-2-1-8(20-9)11(16)17/h1-4,15H,(H,16,17). The number of carboxylic acids is 1. The SMILES string of the molecule is O=C(O)c1ccc(S(=O)(=O)Nc2c(F)cc(F)cc2Br)s1. The van der Waals surface area contributed by atoms with E-state index in [-0.39, 0.29) is 13.6 Å². The minimum Gasteiger partial charge on any atom is -0.477 e. The van der Waals surface area contributed by atoms with Crippen LogP contribution >= 0.6 is 27.3 Å². The molecule has 1 heterocycles. The van der Waals surface area contributed by atoms with Crippen LogP contribution in [0.25, 0.3) is 0 Å². The number of aromatic carboxylic acids is 1. The smallest absolute Gasteiger partial charge is 0.345 e. The van der Waals surface area contributed by atoms with Crippen LogP contribution in [-0.4, -0.2) is 19.5 Å². The van der Waals surface area contributed by atoms with Gasteiger partial charge in [-0.2, -0.15) is 0 Å². The molecule has 0 unspecified atom stereocenters. The Morgan fingerprint density at radius 3 is 2.48 bits per heavy atom. The van der Waals surface area contributed by atoms with Gasteiger partial charge in [0.15, 0.2) is 5.82 Å². The first kappa shape index (κ1) is 15.9. The summed E-state index contributed by atoms with van der Waals surface area (Å²) in [5.41, 5.74) is -0.457. The third kappa shape index (κ3) is 3.39. The molecule has 0 radical (unpaired) electrons. The summed E-state index contributed by atoms with van der Waals surface area (Å²) in [5, 5.41) is 8.76. The molecule has 2 rings (SSSR count). The number of thiophene rings is 1. The van der Waals surface area contributed by atoms with Gasteiger partial charge in [-0.15, -0.1) is 11.3 Å². The van der Waals surface area contributed by atoms with E-state index in [4.69, 9.17) is 5.11 Å². The van der Waals surface area contributed by atoms with Crippen molar-refractivity contribution in [2.24, 2.45) is 0 Å². The predicted molar refractivity (Wildman–Crippen MR) is 76.1 cm³/mol. The van der Waals surface area contributed by atoms with Crippen LogP contribution in [0.3, 0.4) is 0 Å². The Balaban J connectivity index is 2.40. The Morgan fingerprint density at radius 1 is 1.29 bits per heavy atom. The Kier molecular flexibility index (Phi) is 4.30. The average molecular weight is 398 g/mol. The van der Waals surface area contributed by atoms with Gasteiger partial charge in [0.25, 0.3) is 10.0 Å². The van der Waals surface area contributed by atoms with E-state index in [1.807, 2.05) is 4.72 Å². The zero-order chi connectivity index (χ0) is 15.8. The van der Waals surface area contributed by atoms with Gasteiger partial charge in [0.1, 0.15) is 14.9 Å². The van der Waals surface area contributed by atoms with Crippen LogP contribution in [0.5, 0.6) is 0 Å². The fourth-order valence-electron chi connectivity index (χ4n) is 1.40. The molecule has 21 heavy (non-hydrogen) atoms. The van der Waals surface area contributed by atoms with Crippen molar-refractivity contribution >= 4 is 48.9 Å². The third-order valence-corrected chi connectivity index (χ3v) is 5.84. The molecule has 0 aliphatic carbocycles. The highest BCUT2D eigenvalue weighted by Crippen LogP contribution is 2.30. The van der Waals surface area contributed by atoms with Gasteiger partial charge in [0.05, 0.1) is 5.69 Å². The number of hydrogen-bond acceptors (Lipinski definition) is 4. The van der Waals surface area contributed by atoms with Crippen molar-refractivity contribution in [2.75, 3.05) is 4.72 Å². The number of benzene rings is 1. The monoisotopic (exact) mass is 397 g/mol. The van der Waals surface area contributed by atoms with E-state index in [1.165, 1.54) is 0 Å². The molecule has 0 aliphatic heterocycles. The van der Waals surface area contributed by atoms with Gasteiger partial charge in [0.2, 0.25) is 0 Å². The number of anilines is 1. The number of hydrogen-bond donors (Lipinski definition) is 2. The molecule has 2 aromatic rings. The number of rotatable bonds is 4. The van der Waals surface area contributed by atoms with Crippen molar-refractivity contribution in [3.63, 3.8) is 0 Å².